The van der Waals surface area contributed by atoms with Gasteiger partial charge >= 0.3 is 0 Å². The van der Waals surface area contributed by atoms with Gasteiger partial charge in [0.15, 0.2) is 5.43 Å². The molecule has 3 aromatic rings. The molecule has 0 radical (unpaired) electrons. The van der Waals surface area contributed by atoms with Gasteiger partial charge in [0.25, 0.3) is 0 Å². The van der Waals surface area contributed by atoms with E-state index in [1.54, 1.807) is 12.1 Å². The number of hydrogen-bond donors (Lipinski definition) is 0. The summed E-state index contributed by atoms with van der Waals surface area (Å²) in [4.78, 5) is 12.3. The molecule has 3 nitrogen and oxygen atoms in total. The highest BCUT2D eigenvalue weighted by Crippen LogP contribution is 2.24. The summed E-state index contributed by atoms with van der Waals surface area (Å²) in [6, 6.07) is 16.4. The van der Waals surface area contributed by atoms with Crippen LogP contribution in [0, 0.1) is 0 Å². The van der Waals surface area contributed by atoms with Crippen molar-refractivity contribution in [2.45, 2.75) is 20.0 Å². The van der Waals surface area contributed by atoms with Crippen LogP contribution in [0.4, 0.5) is 0 Å². The highest BCUT2D eigenvalue weighted by atomic mass is 16.5. The maximum atomic E-state index is 12.3. The molecule has 0 aliphatic heterocycles. The molecule has 1 heterocycles. The molecular weight excluding hydrogens is 264 g/mol. The fourth-order valence-corrected chi connectivity index (χ4v) is 2.23. The highest BCUT2D eigenvalue weighted by Gasteiger charge is 2.08. The Bertz CT molecular complexity index is 817. The van der Waals surface area contributed by atoms with Crippen LogP contribution in [0.2, 0.25) is 0 Å². The molecule has 0 unspecified atom stereocenters. The van der Waals surface area contributed by atoms with E-state index in [4.69, 9.17) is 9.15 Å². The van der Waals surface area contributed by atoms with Crippen LogP contribution in [0.15, 0.2) is 63.8 Å². The molecule has 0 N–H and O–H groups in total. The normalized spacial score (nSPS) is 11.0. The Kier molecular flexibility index (Phi) is 3.48. The Hall–Kier alpha value is -2.55. The molecule has 1 aromatic heterocycles. The first-order valence-electron chi connectivity index (χ1n) is 6.93. The molecule has 0 fully saturated rings. The van der Waals surface area contributed by atoms with Crippen molar-refractivity contribution < 1.29 is 9.15 Å². The fourth-order valence-electron chi connectivity index (χ4n) is 2.23. The molecular formula is C18H16O3. The minimum Gasteiger partial charge on any atom is -0.491 e. The SMILES string of the molecule is CC(C)Oc1ccc2oc(-c3ccccc3)cc(=O)c2c1. The molecule has 106 valence electrons. The van der Waals surface area contributed by atoms with Gasteiger partial charge in [-0.05, 0) is 32.0 Å². The fraction of sp³-hybridized carbons (Fsp3) is 0.167. The van der Waals surface area contributed by atoms with Crippen molar-refractivity contribution in [3.8, 4) is 17.1 Å². The number of ether oxygens (including phenoxy) is 1. The third-order valence-corrected chi connectivity index (χ3v) is 3.13. The van der Waals surface area contributed by atoms with Gasteiger partial charge < -0.3 is 9.15 Å². The van der Waals surface area contributed by atoms with E-state index in [0.29, 0.717) is 22.5 Å². The first kappa shape index (κ1) is 13.4. The van der Waals surface area contributed by atoms with Crippen LogP contribution in [-0.2, 0) is 0 Å². The number of hydrogen-bond acceptors (Lipinski definition) is 3. The number of benzene rings is 2. The van der Waals surface area contributed by atoms with Crippen LogP contribution in [0.5, 0.6) is 5.75 Å². The van der Waals surface area contributed by atoms with Crippen molar-refractivity contribution in [2.24, 2.45) is 0 Å². The summed E-state index contributed by atoms with van der Waals surface area (Å²) in [6.45, 7) is 3.90. The Morgan fingerprint density at radius 2 is 1.76 bits per heavy atom. The van der Waals surface area contributed by atoms with Crippen LogP contribution in [0.3, 0.4) is 0 Å². The maximum Gasteiger partial charge on any atom is 0.193 e. The number of fused-ring (bicyclic) bond motifs is 1. The average Bonchev–Trinajstić information content (AvgIpc) is 2.48. The van der Waals surface area contributed by atoms with E-state index >= 15 is 0 Å². The second kappa shape index (κ2) is 5.44. The Morgan fingerprint density at radius 1 is 1.00 bits per heavy atom. The second-order valence-corrected chi connectivity index (χ2v) is 5.17. The lowest BCUT2D eigenvalue weighted by Gasteiger charge is -2.10. The van der Waals surface area contributed by atoms with Crippen molar-refractivity contribution >= 4 is 11.0 Å². The summed E-state index contributed by atoms with van der Waals surface area (Å²) in [5.41, 5.74) is 1.39. The van der Waals surface area contributed by atoms with Gasteiger partial charge in [0, 0.05) is 11.6 Å². The quantitative estimate of drug-likeness (QED) is 0.720. The predicted molar refractivity (Wildman–Crippen MR) is 83.7 cm³/mol. The third-order valence-electron chi connectivity index (χ3n) is 3.13. The zero-order valence-corrected chi connectivity index (χ0v) is 12.0. The molecule has 0 bridgehead atoms. The molecule has 0 amide bonds. The van der Waals surface area contributed by atoms with Gasteiger partial charge in [-0.15, -0.1) is 0 Å². The van der Waals surface area contributed by atoms with Crippen molar-refractivity contribution in [1.29, 1.82) is 0 Å². The second-order valence-electron chi connectivity index (χ2n) is 5.17. The van der Waals surface area contributed by atoms with Crippen molar-refractivity contribution in [3.05, 3.63) is 64.8 Å². The van der Waals surface area contributed by atoms with Crippen LogP contribution in [0.25, 0.3) is 22.3 Å². The molecule has 0 saturated carbocycles. The lowest BCUT2D eigenvalue weighted by atomic mass is 10.1. The molecule has 0 atom stereocenters. The van der Waals surface area contributed by atoms with Gasteiger partial charge in [-0.3, -0.25) is 4.79 Å². The summed E-state index contributed by atoms with van der Waals surface area (Å²) in [7, 11) is 0. The summed E-state index contributed by atoms with van der Waals surface area (Å²) >= 11 is 0. The standard InChI is InChI=1S/C18H16O3/c1-12(2)20-14-8-9-17-15(10-14)16(19)11-18(21-17)13-6-4-3-5-7-13/h3-12H,1-2H3. The van der Waals surface area contributed by atoms with Gasteiger partial charge in [-0.2, -0.15) is 0 Å². The van der Waals surface area contributed by atoms with E-state index in [0.717, 1.165) is 5.56 Å². The highest BCUT2D eigenvalue weighted by molar-refractivity contribution is 5.80. The van der Waals surface area contributed by atoms with E-state index in [-0.39, 0.29) is 11.5 Å². The van der Waals surface area contributed by atoms with Gasteiger partial charge in [0.05, 0.1) is 11.5 Å². The minimum absolute atomic E-state index is 0.0655. The van der Waals surface area contributed by atoms with E-state index in [9.17, 15) is 4.79 Å². The summed E-state index contributed by atoms with van der Waals surface area (Å²) in [5.74, 6) is 1.25. The van der Waals surface area contributed by atoms with Crippen molar-refractivity contribution in [1.82, 2.24) is 0 Å². The van der Waals surface area contributed by atoms with Crippen LogP contribution < -0.4 is 10.2 Å². The van der Waals surface area contributed by atoms with E-state index < -0.39 is 0 Å². The van der Waals surface area contributed by atoms with Gasteiger partial charge in [0.1, 0.15) is 17.1 Å². The molecule has 2 aromatic carbocycles. The molecule has 21 heavy (non-hydrogen) atoms. The van der Waals surface area contributed by atoms with Crippen molar-refractivity contribution in [3.63, 3.8) is 0 Å². The molecule has 0 spiro atoms. The van der Waals surface area contributed by atoms with Gasteiger partial charge in [-0.25, -0.2) is 0 Å². The largest absolute Gasteiger partial charge is 0.491 e. The molecule has 3 heteroatoms. The average molecular weight is 280 g/mol. The summed E-state index contributed by atoms with van der Waals surface area (Å²) < 4.78 is 11.4. The number of rotatable bonds is 3. The lowest BCUT2D eigenvalue weighted by molar-refractivity contribution is 0.242. The monoisotopic (exact) mass is 280 g/mol. The van der Waals surface area contributed by atoms with Crippen LogP contribution >= 0.6 is 0 Å². The third kappa shape index (κ3) is 2.82. The van der Waals surface area contributed by atoms with Crippen LogP contribution in [-0.4, -0.2) is 6.10 Å². The zero-order valence-electron chi connectivity index (χ0n) is 12.0. The summed E-state index contributed by atoms with van der Waals surface area (Å²) in [5, 5.41) is 0.535. The van der Waals surface area contributed by atoms with Gasteiger partial charge in [-0.1, -0.05) is 30.3 Å². The Morgan fingerprint density at radius 3 is 2.48 bits per heavy atom. The van der Waals surface area contributed by atoms with E-state index in [1.165, 1.54) is 6.07 Å². The molecule has 0 aliphatic rings. The molecule has 3 rings (SSSR count). The predicted octanol–water partition coefficient (Wildman–Crippen LogP) is 4.25. The minimum atomic E-state index is -0.0655. The zero-order chi connectivity index (χ0) is 14.8. The van der Waals surface area contributed by atoms with E-state index in [2.05, 4.69) is 0 Å². The van der Waals surface area contributed by atoms with Gasteiger partial charge in [0.2, 0.25) is 0 Å². The first-order valence-corrected chi connectivity index (χ1v) is 6.93. The Labute approximate surface area is 122 Å². The molecule has 0 aliphatic carbocycles. The first-order chi connectivity index (χ1) is 10.1. The smallest absolute Gasteiger partial charge is 0.193 e. The lowest BCUT2D eigenvalue weighted by Crippen LogP contribution is -2.06. The van der Waals surface area contributed by atoms with Crippen LogP contribution in [0.1, 0.15) is 13.8 Å². The Balaban J connectivity index is 2.11. The maximum absolute atomic E-state index is 12.3. The van der Waals surface area contributed by atoms with Crippen molar-refractivity contribution in [2.75, 3.05) is 0 Å². The summed E-state index contributed by atoms with van der Waals surface area (Å²) in [6.07, 6.45) is 0.0677. The van der Waals surface area contributed by atoms with E-state index in [1.807, 2.05) is 50.2 Å². The topological polar surface area (TPSA) is 39.4 Å². The molecule has 0 saturated heterocycles.